The predicted octanol–water partition coefficient (Wildman–Crippen LogP) is 3.00. The fourth-order valence-corrected chi connectivity index (χ4v) is 3.04. The molecule has 102 valence electrons. The molecule has 2 heterocycles. The smallest absolute Gasteiger partial charge is 0.206 e. The van der Waals surface area contributed by atoms with Crippen molar-refractivity contribution < 1.29 is 4.39 Å². The highest BCUT2D eigenvalue weighted by atomic mass is 32.2. The van der Waals surface area contributed by atoms with Crippen molar-refractivity contribution in [3.63, 3.8) is 0 Å². The molecule has 2 aromatic rings. The van der Waals surface area contributed by atoms with Crippen LogP contribution in [-0.4, -0.2) is 26.7 Å². The molecule has 0 saturated carbocycles. The third-order valence-corrected chi connectivity index (χ3v) is 4.19. The Kier molecular flexibility index (Phi) is 5.03. The van der Waals surface area contributed by atoms with Crippen LogP contribution in [0.15, 0.2) is 15.7 Å². The van der Waals surface area contributed by atoms with Gasteiger partial charge in [-0.3, -0.25) is 0 Å². The lowest BCUT2D eigenvalue weighted by Crippen LogP contribution is -1.98. The number of rotatable bonds is 6. The molecule has 0 atom stereocenters. The Morgan fingerprint density at radius 2 is 2.16 bits per heavy atom. The second-order valence-electron chi connectivity index (χ2n) is 3.70. The van der Waals surface area contributed by atoms with E-state index in [9.17, 15) is 4.39 Å². The Balaban J connectivity index is 2.10. The zero-order valence-corrected chi connectivity index (χ0v) is 12.3. The van der Waals surface area contributed by atoms with Gasteiger partial charge in [0.25, 0.3) is 0 Å². The van der Waals surface area contributed by atoms with Crippen LogP contribution in [0.4, 0.5) is 9.52 Å². The number of hydrogen-bond donors (Lipinski definition) is 1. The van der Waals surface area contributed by atoms with E-state index in [2.05, 4.69) is 32.4 Å². The third-order valence-electron chi connectivity index (χ3n) is 2.28. The van der Waals surface area contributed by atoms with E-state index in [1.54, 1.807) is 0 Å². The Morgan fingerprint density at radius 1 is 1.32 bits per heavy atom. The highest BCUT2D eigenvalue weighted by molar-refractivity contribution is 8.01. The van der Waals surface area contributed by atoms with Crippen LogP contribution < -0.4 is 5.32 Å². The number of nitrogens with zero attached hydrogens (tertiary/aromatic N) is 4. The maximum Gasteiger partial charge on any atom is 0.206 e. The maximum absolute atomic E-state index is 14.0. The molecule has 0 saturated heterocycles. The summed E-state index contributed by atoms with van der Waals surface area (Å²) in [6, 6.07) is 0. The van der Waals surface area contributed by atoms with E-state index in [0.717, 1.165) is 18.1 Å². The summed E-state index contributed by atoms with van der Waals surface area (Å²) in [5.74, 6) is -0.367. The molecule has 2 rings (SSSR count). The quantitative estimate of drug-likeness (QED) is 0.827. The van der Waals surface area contributed by atoms with Gasteiger partial charge in [-0.15, -0.1) is 10.2 Å². The molecule has 1 N–H and O–H groups in total. The van der Waals surface area contributed by atoms with Crippen LogP contribution in [0.2, 0.25) is 0 Å². The molecule has 0 aromatic carbocycles. The van der Waals surface area contributed by atoms with E-state index in [1.165, 1.54) is 29.4 Å². The lowest BCUT2D eigenvalue weighted by Gasteiger charge is -2.01. The Hall–Kier alpha value is -1.28. The van der Waals surface area contributed by atoms with Crippen LogP contribution in [-0.2, 0) is 6.42 Å². The summed E-state index contributed by atoms with van der Waals surface area (Å²) in [6.45, 7) is 4.78. The number of halogens is 1. The number of aryl methyl sites for hydroxylation is 1. The van der Waals surface area contributed by atoms with E-state index in [0.29, 0.717) is 21.5 Å². The Bertz CT molecular complexity index is 546. The summed E-state index contributed by atoms with van der Waals surface area (Å²) >= 11 is 2.57. The first-order chi connectivity index (χ1) is 9.24. The minimum absolute atomic E-state index is 0.296. The Labute approximate surface area is 119 Å². The number of anilines is 1. The second-order valence-corrected chi connectivity index (χ2v) is 5.91. The molecule has 0 aliphatic heterocycles. The van der Waals surface area contributed by atoms with Crippen LogP contribution in [0.5, 0.6) is 0 Å². The van der Waals surface area contributed by atoms with Crippen molar-refractivity contribution in [2.75, 3.05) is 11.9 Å². The fourth-order valence-electron chi connectivity index (χ4n) is 1.34. The van der Waals surface area contributed by atoms with Gasteiger partial charge in [-0.25, -0.2) is 14.4 Å². The molecule has 0 aliphatic carbocycles. The fraction of sp³-hybridized carbons (Fsp3) is 0.455. The molecule has 0 spiro atoms. The third kappa shape index (κ3) is 3.60. The van der Waals surface area contributed by atoms with Gasteiger partial charge >= 0.3 is 0 Å². The van der Waals surface area contributed by atoms with Crippen molar-refractivity contribution in [2.24, 2.45) is 0 Å². The molecule has 0 fully saturated rings. The van der Waals surface area contributed by atoms with Crippen LogP contribution in [0, 0.1) is 5.82 Å². The van der Waals surface area contributed by atoms with E-state index < -0.39 is 0 Å². The molecule has 2 aromatic heterocycles. The lowest BCUT2D eigenvalue weighted by atomic mass is 10.3. The molecule has 5 nitrogen and oxygen atoms in total. The lowest BCUT2D eigenvalue weighted by molar-refractivity contribution is 0.559. The van der Waals surface area contributed by atoms with Gasteiger partial charge in [0, 0.05) is 6.54 Å². The molecule has 0 aliphatic rings. The minimum atomic E-state index is -0.367. The first kappa shape index (κ1) is 14.1. The van der Waals surface area contributed by atoms with Gasteiger partial charge in [0.15, 0.2) is 10.2 Å². The SMILES string of the molecule is CCCNc1nnc(Sc2ncnc(CC)c2F)s1. The number of nitrogens with one attached hydrogen (secondary N) is 1. The summed E-state index contributed by atoms with van der Waals surface area (Å²) in [4.78, 5) is 7.85. The molecular weight excluding hydrogens is 285 g/mol. The monoisotopic (exact) mass is 299 g/mol. The summed E-state index contributed by atoms with van der Waals surface area (Å²) in [7, 11) is 0. The Morgan fingerprint density at radius 3 is 2.89 bits per heavy atom. The normalized spacial score (nSPS) is 10.7. The van der Waals surface area contributed by atoms with Gasteiger partial charge in [0.2, 0.25) is 5.13 Å². The van der Waals surface area contributed by atoms with Crippen LogP contribution >= 0.6 is 23.1 Å². The van der Waals surface area contributed by atoms with E-state index in [1.807, 2.05) is 6.92 Å². The van der Waals surface area contributed by atoms with E-state index in [-0.39, 0.29) is 5.82 Å². The van der Waals surface area contributed by atoms with Crippen LogP contribution in [0.3, 0.4) is 0 Å². The maximum atomic E-state index is 14.0. The van der Waals surface area contributed by atoms with Crippen molar-refractivity contribution in [2.45, 2.75) is 36.1 Å². The van der Waals surface area contributed by atoms with Crippen LogP contribution in [0.25, 0.3) is 0 Å². The van der Waals surface area contributed by atoms with Crippen LogP contribution in [0.1, 0.15) is 26.0 Å². The van der Waals surface area contributed by atoms with Gasteiger partial charge in [-0.05, 0) is 24.6 Å². The van der Waals surface area contributed by atoms with Crippen molar-refractivity contribution in [1.82, 2.24) is 20.2 Å². The first-order valence-corrected chi connectivity index (χ1v) is 7.62. The van der Waals surface area contributed by atoms with Crippen molar-refractivity contribution in [3.05, 3.63) is 17.8 Å². The number of aromatic nitrogens is 4. The highest BCUT2D eigenvalue weighted by Gasteiger charge is 2.13. The zero-order valence-electron chi connectivity index (χ0n) is 10.7. The molecule has 19 heavy (non-hydrogen) atoms. The van der Waals surface area contributed by atoms with E-state index in [4.69, 9.17) is 0 Å². The van der Waals surface area contributed by atoms with Gasteiger partial charge in [0.05, 0.1) is 5.69 Å². The second kappa shape index (κ2) is 6.76. The van der Waals surface area contributed by atoms with Gasteiger partial charge in [-0.1, -0.05) is 25.2 Å². The minimum Gasteiger partial charge on any atom is -0.360 e. The molecule has 8 heteroatoms. The molecule has 0 unspecified atom stereocenters. The first-order valence-electron chi connectivity index (χ1n) is 5.99. The molecular formula is C11H14FN5S2. The zero-order chi connectivity index (χ0) is 13.7. The van der Waals surface area contributed by atoms with E-state index >= 15 is 0 Å². The van der Waals surface area contributed by atoms with Gasteiger partial charge in [-0.2, -0.15) is 0 Å². The topological polar surface area (TPSA) is 63.6 Å². The summed E-state index contributed by atoms with van der Waals surface area (Å²) in [5, 5.41) is 12.2. The predicted molar refractivity (Wildman–Crippen MR) is 74.2 cm³/mol. The standard InChI is InChI=1S/C11H14FN5S2/c1-3-5-13-10-16-17-11(19-10)18-9-8(12)7(4-2)14-6-15-9/h6H,3-5H2,1-2H3,(H,13,16). The van der Waals surface area contributed by atoms with Crippen molar-refractivity contribution >= 4 is 28.2 Å². The summed E-state index contributed by atoms with van der Waals surface area (Å²) < 4.78 is 14.6. The molecule has 0 amide bonds. The van der Waals surface area contributed by atoms with Gasteiger partial charge in [0.1, 0.15) is 11.4 Å². The number of hydrogen-bond acceptors (Lipinski definition) is 7. The largest absolute Gasteiger partial charge is 0.360 e. The molecule has 0 radical (unpaired) electrons. The highest BCUT2D eigenvalue weighted by Crippen LogP contribution is 2.32. The average molecular weight is 299 g/mol. The average Bonchev–Trinajstić information content (AvgIpc) is 2.86. The van der Waals surface area contributed by atoms with Crippen molar-refractivity contribution in [3.8, 4) is 0 Å². The molecule has 0 bridgehead atoms. The van der Waals surface area contributed by atoms with Crippen molar-refractivity contribution in [1.29, 1.82) is 0 Å². The van der Waals surface area contributed by atoms with Gasteiger partial charge < -0.3 is 5.32 Å². The summed E-state index contributed by atoms with van der Waals surface area (Å²) in [6.07, 6.45) is 2.94. The summed E-state index contributed by atoms with van der Waals surface area (Å²) in [5.41, 5.74) is 0.423.